The van der Waals surface area contributed by atoms with Crippen molar-refractivity contribution in [1.82, 2.24) is 5.32 Å². The molecule has 0 saturated heterocycles. The van der Waals surface area contributed by atoms with Gasteiger partial charge in [0, 0.05) is 12.1 Å². The SMILES string of the molecule is C#Cc1ccc(CNCC)cc1. The summed E-state index contributed by atoms with van der Waals surface area (Å²) in [6.45, 7) is 4.01. The molecule has 0 aromatic heterocycles. The normalized spacial score (nSPS) is 9.33. The Hall–Kier alpha value is -1.26. The fourth-order valence-electron chi connectivity index (χ4n) is 0.988. The zero-order valence-corrected chi connectivity index (χ0v) is 7.30. The number of hydrogen-bond donors (Lipinski definition) is 1. The first-order chi connectivity index (χ1) is 5.86. The van der Waals surface area contributed by atoms with Gasteiger partial charge >= 0.3 is 0 Å². The van der Waals surface area contributed by atoms with Crippen LogP contribution in [0.2, 0.25) is 0 Å². The van der Waals surface area contributed by atoms with Crippen molar-refractivity contribution in [2.45, 2.75) is 13.5 Å². The third-order valence-electron chi connectivity index (χ3n) is 1.70. The van der Waals surface area contributed by atoms with Gasteiger partial charge in [0.1, 0.15) is 0 Å². The molecule has 1 aromatic rings. The highest BCUT2D eigenvalue weighted by Crippen LogP contribution is 2.02. The lowest BCUT2D eigenvalue weighted by molar-refractivity contribution is 0.727. The van der Waals surface area contributed by atoms with Crippen LogP contribution >= 0.6 is 0 Å². The summed E-state index contributed by atoms with van der Waals surface area (Å²) in [5.41, 5.74) is 2.21. The average molecular weight is 159 g/mol. The van der Waals surface area contributed by atoms with Crippen LogP contribution in [0.3, 0.4) is 0 Å². The number of terminal acetylenes is 1. The molecule has 0 atom stereocenters. The van der Waals surface area contributed by atoms with Gasteiger partial charge in [-0.3, -0.25) is 0 Å². The Morgan fingerprint density at radius 3 is 2.50 bits per heavy atom. The molecule has 0 saturated carbocycles. The molecule has 12 heavy (non-hydrogen) atoms. The summed E-state index contributed by atoms with van der Waals surface area (Å²) >= 11 is 0. The first-order valence-corrected chi connectivity index (χ1v) is 4.13. The first kappa shape index (κ1) is 8.83. The maximum atomic E-state index is 5.23. The fraction of sp³-hybridized carbons (Fsp3) is 0.273. The zero-order chi connectivity index (χ0) is 8.81. The summed E-state index contributed by atoms with van der Waals surface area (Å²) < 4.78 is 0. The van der Waals surface area contributed by atoms with E-state index in [4.69, 9.17) is 6.42 Å². The third-order valence-corrected chi connectivity index (χ3v) is 1.70. The van der Waals surface area contributed by atoms with Crippen molar-refractivity contribution in [3.63, 3.8) is 0 Å². The van der Waals surface area contributed by atoms with Crippen molar-refractivity contribution >= 4 is 0 Å². The zero-order valence-electron chi connectivity index (χ0n) is 7.30. The lowest BCUT2D eigenvalue weighted by Crippen LogP contribution is -2.11. The van der Waals surface area contributed by atoms with E-state index in [-0.39, 0.29) is 0 Å². The standard InChI is InChI=1S/C11H13N/c1-3-10-5-7-11(8-6-10)9-12-4-2/h1,5-8,12H,4,9H2,2H3. The molecule has 0 aliphatic rings. The summed E-state index contributed by atoms with van der Waals surface area (Å²) in [5, 5.41) is 3.25. The Balaban J connectivity index is 2.60. The predicted octanol–water partition coefficient (Wildman–Crippen LogP) is 1.78. The minimum atomic E-state index is 0.918. The molecule has 0 spiro atoms. The second-order valence-corrected chi connectivity index (χ2v) is 2.62. The van der Waals surface area contributed by atoms with E-state index in [2.05, 4.69) is 30.3 Å². The largest absolute Gasteiger partial charge is 0.313 e. The summed E-state index contributed by atoms with van der Waals surface area (Å²) in [6.07, 6.45) is 5.23. The average Bonchev–Trinajstić information content (AvgIpc) is 2.15. The highest BCUT2D eigenvalue weighted by molar-refractivity contribution is 5.34. The number of hydrogen-bond acceptors (Lipinski definition) is 1. The monoisotopic (exact) mass is 159 g/mol. The van der Waals surface area contributed by atoms with Gasteiger partial charge in [-0.15, -0.1) is 6.42 Å². The van der Waals surface area contributed by atoms with Gasteiger partial charge in [0.15, 0.2) is 0 Å². The van der Waals surface area contributed by atoms with Crippen LogP contribution in [-0.2, 0) is 6.54 Å². The van der Waals surface area contributed by atoms with E-state index in [1.165, 1.54) is 5.56 Å². The maximum Gasteiger partial charge on any atom is 0.0242 e. The topological polar surface area (TPSA) is 12.0 Å². The molecule has 0 unspecified atom stereocenters. The Kier molecular flexibility index (Phi) is 3.37. The van der Waals surface area contributed by atoms with Crippen molar-refractivity contribution in [2.75, 3.05) is 6.54 Å². The Labute approximate surface area is 73.8 Å². The number of rotatable bonds is 3. The minimum Gasteiger partial charge on any atom is -0.313 e. The van der Waals surface area contributed by atoms with E-state index < -0.39 is 0 Å². The van der Waals surface area contributed by atoms with Gasteiger partial charge in [0.05, 0.1) is 0 Å². The molecule has 1 aromatic carbocycles. The fourth-order valence-corrected chi connectivity index (χ4v) is 0.988. The van der Waals surface area contributed by atoms with Crippen LogP contribution in [0.4, 0.5) is 0 Å². The quantitative estimate of drug-likeness (QED) is 0.663. The predicted molar refractivity (Wildman–Crippen MR) is 51.8 cm³/mol. The van der Waals surface area contributed by atoms with Crippen LogP contribution in [0.5, 0.6) is 0 Å². The highest BCUT2D eigenvalue weighted by Gasteiger charge is 1.90. The smallest absolute Gasteiger partial charge is 0.0242 e. The molecule has 0 aliphatic heterocycles. The van der Waals surface area contributed by atoms with Gasteiger partial charge in [0.2, 0.25) is 0 Å². The van der Waals surface area contributed by atoms with E-state index in [1.54, 1.807) is 0 Å². The van der Waals surface area contributed by atoms with E-state index in [0.29, 0.717) is 0 Å². The molecule has 1 heteroatoms. The third kappa shape index (κ3) is 2.41. The van der Waals surface area contributed by atoms with Gasteiger partial charge < -0.3 is 5.32 Å². The molecule has 0 fully saturated rings. The van der Waals surface area contributed by atoms with Crippen LogP contribution in [0.25, 0.3) is 0 Å². The molecule has 0 radical (unpaired) electrons. The lowest BCUT2D eigenvalue weighted by Gasteiger charge is -2.00. The van der Waals surface area contributed by atoms with Crippen molar-refractivity contribution in [3.05, 3.63) is 35.4 Å². The Bertz CT molecular complexity index is 266. The Morgan fingerprint density at radius 2 is 2.00 bits per heavy atom. The van der Waals surface area contributed by atoms with Crippen LogP contribution in [0.1, 0.15) is 18.1 Å². The van der Waals surface area contributed by atoms with Crippen molar-refractivity contribution in [3.8, 4) is 12.3 Å². The van der Waals surface area contributed by atoms with E-state index in [9.17, 15) is 0 Å². The van der Waals surface area contributed by atoms with E-state index in [0.717, 1.165) is 18.7 Å². The van der Waals surface area contributed by atoms with Crippen LogP contribution in [0, 0.1) is 12.3 Å². The van der Waals surface area contributed by atoms with E-state index >= 15 is 0 Å². The maximum absolute atomic E-state index is 5.23. The second-order valence-electron chi connectivity index (χ2n) is 2.62. The van der Waals surface area contributed by atoms with Gasteiger partial charge in [0.25, 0.3) is 0 Å². The highest BCUT2D eigenvalue weighted by atomic mass is 14.8. The van der Waals surface area contributed by atoms with Gasteiger partial charge in [-0.1, -0.05) is 25.0 Å². The summed E-state index contributed by atoms with van der Waals surface area (Å²) in [4.78, 5) is 0. The van der Waals surface area contributed by atoms with Crippen LogP contribution < -0.4 is 5.32 Å². The van der Waals surface area contributed by atoms with Crippen molar-refractivity contribution in [2.24, 2.45) is 0 Å². The molecule has 0 bridgehead atoms. The second kappa shape index (κ2) is 4.58. The molecule has 0 heterocycles. The number of nitrogens with one attached hydrogen (secondary N) is 1. The van der Waals surface area contributed by atoms with Gasteiger partial charge in [-0.2, -0.15) is 0 Å². The summed E-state index contributed by atoms with van der Waals surface area (Å²) in [6, 6.07) is 8.04. The minimum absolute atomic E-state index is 0.918. The molecule has 1 rings (SSSR count). The van der Waals surface area contributed by atoms with Crippen molar-refractivity contribution < 1.29 is 0 Å². The molecule has 0 amide bonds. The van der Waals surface area contributed by atoms with Crippen LogP contribution in [-0.4, -0.2) is 6.54 Å². The van der Waals surface area contributed by atoms with E-state index in [1.807, 2.05) is 12.1 Å². The first-order valence-electron chi connectivity index (χ1n) is 4.13. The molecular formula is C11H13N. The lowest BCUT2D eigenvalue weighted by atomic mass is 10.1. The molecule has 62 valence electrons. The van der Waals surface area contributed by atoms with Crippen LogP contribution in [0.15, 0.2) is 24.3 Å². The van der Waals surface area contributed by atoms with Gasteiger partial charge in [-0.05, 0) is 24.2 Å². The molecule has 0 aliphatic carbocycles. The molecular weight excluding hydrogens is 146 g/mol. The molecule has 1 N–H and O–H groups in total. The molecule has 1 nitrogen and oxygen atoms in total. The number of benzene rings is 1. The van der Waals surface area contributed by atoms with Gasteiger partial charge in [-0.25, -0.2) is 0 Å². The van der Waals surface area contributed by atoms with Crippen molar-refractivity contribution in [1.29, 1.82) is 0 Å². The summed E-state index contributed by atoms with van der Waals surface area (Å²) in [5.74, 6) is 2.59. The Morgan fingerprint density at radius 1 is 1.33 bits per heavy atom. The summed E-state index contributed by atoms with van der Waals surface area (Å²) in [7, 11) is 0.